The Morgan fingerprint density at radius 1 is 1.47 bits per heavy atom. The van der Waals surface area contributed by atoms with Gasteiger partial charge in [0.05, 0.1) is 11.0 Å². The van der Waals surface area contributed by atoms with E-state index in [0.29, 0.717) is 0 Å². The van der Waals surface area contributed by atoms with Crippen molar-refractivity contribution in [3.8, 4) is 0 Å². The largest absolute Gasteiger partial charge is 0.271 e. The first kappa shape index (κ1) is 12.2. The van der Waals surface area contributed by atoms with Crippen LogP contribution in [0.15, 0.2) is 23.8 Å². The first-order valence-electron chi connectivity index (χ1n) is 5.48. The number of nitrogens with zero attached hydrogens (tertiary/aromatic N) is 2. The average Bonchev–Trinajstić information content (AvgIpc) is 2.73. The smallest absolute Gasteiger partial charge is 0.0947 e. The highest BCUT2D eigenvalue weighted by atomic mass is 32.1. The summed E-state index contributed by atoms with van der Waals surface area (Å²) in [7, 11) is 0. The van der Waals surface area contributed by atoms with E-state index in [9.17, 15) is 0 Å². The molecule has 1 unspecified atom stereocenters. The molecule has 5 heteroatoms. The molecule has 0 fully saturated rings. The van der Waals surface area contributed by atoms with Gasteiger partial charge in [-0.15, -0.1) is 11.3 Å². The number of nitrogens with two attached hydrogens (primary N) is 1. The van der Waals surface area contributed by atoms with Gasteiger partial charge in [0.25, 0.3) is 0 Å². The van der Waals surface area contributed by atoms with Crippen molar-refractivity contribution >= 4 is 11.3 Å². The Kier molecular flexibility index (Phi) is 3.83. The fraction of sp³-hybridized carbons (Fsp3) is 0.333. The Morgan fingerprint density at radius 3 is 2.88 bits per heavy atom. The number of aromatic nitrogens is 2. The molecule has 0 aromatic carbocycles. The van der Waals surface area contributed by atoms with Crippen molar-refractivity contribution in [3.63, 3.8) is 0 Å². The third-order valence-electron chi connectivity index (χ3n) is 2.70. The van der Waals surface area contributed by atoms with Crippen LogP contribution in [0, 0.1) is 13.8 Å². The lowest BCUT2D eigenvalue weighted by atomic mass is 10.0. The van der Waals surface area contributed by atoms with Gasteiger partial charge in [-0.05, 0) is 31.0 Å². The number of hydrazine groups is 1. The van der Waals surface area contributed by atoms with E-state index in [-0.39, 0.29) is 6.04 Å². The van der Waals surface area contributed by atoms with Crippen LogP contribution in [0.4, 0.5) is 0 Å². The molecule has 1 atom stereocenters. The summed E-state index contributed by atoms with van der Waals surface area (Å²) < 4.78 is 0. The minimum atomic E-state index is 0.0641. The van der Waals surface area contributed by atoms with Gasteiger partial charge in [0.15, 0.2) is 0 Å². The maximum absolute atomic E-state index is 5.63. The fourth-order valence-electron chi connectivity index (χ4n) is 1.77. The van der Waals surface area contributed by atoms with E-state index in [1.165, 1.54) is 5.56 Å². The van der Waals surface area contributed by atoms with Crippen LogP contribution in [0.1, 0.15) is 27.9 Å². The minimum absolute atomic E-state index is 0.0641. The van der Waals surface area contributed by atoms with Gasteiger partial charge in [-0.2, -0.15) is 0 Å². The Morgan fingerprint density at radius 2 is 2.29 bits per heavy atom. The highest BCUT2D eigenvalue weighted by molar-refractivity contribution is 7.09. The molecule has 0 bridgehead atoms. The summed E-state index contributed by atoms with van der Waals surface area (Å²) in [6, 6.07) is 2.06. The summed E-state index contributed by atoms with van der Waals surface area (Å²) in [6.45, 7) is 4.06. The number of pyridine rings is 1. The van der Waals surface area contributed by atoms with Crippen LogP contribution in [-0.2, 0) is 6.42 Å². The van der Waals surface area contributed by atoms with Crippen LogP contribution in [0.25, 0.3) is 0 Å². The molecular formula is C12H16N4S. The zero-order chi connectivity index (χ0) is 12.3. The number of nitrogens with one attached hydrogen (secondary N) is 1. The lowest BCUT2D eigenvalue weighted by Crippen LogP contribution is -2.30. The number of hydrogen-bond acceptors (Lipinski definition) is 5. The van der Waals surface area contributed by atoms with Gasteiger partial charge in [0, 0.05) is 29.9 Å². The third-order valence-corrected chi connectivity index (χ3v) is 3.69. The van der Waals surface area contributed by atoms with E-state index < -0.39 is 0 Å². The predicted molar refractivity (Wildman–Crippen MR) is 69.6 cm³/mol. The van der Waals surface area contributed by atoms with Crippen molar-refractivity contribution in [1.82, 2.24) is 15.4 Å². The monoisotopic (exact) mass is 248 g/mol. The molecule has 2 rings (SSSR count). The third kappa shape index (κ3) is 2.88. The molecule has 0 spiro atoms. The molecule has 2 aromatic rings. The van der Waals surface area contributed by atoms with Crippen molar-refractivity contribution in [2.45, 2.75) is 26.3 Å². The second-order valence-electron chi connectivity index (χ2n) is 4.04. The number of rotatable bonds is 4. The van der Waals surface area contributed by atoms with E-state index in [1.54, 1.807) is 17.5 Å². The first-order chi connectivity index (χ1) is 8.20. The summed E-state index contributed by atoms with van der Waals surface area (Å²) >= 11 is 1.67. The first-order valence-corrected chi connectivity index (χ1v) is 6.36. The lowest BCUT2D eigenvalue weighted by molar-refractivity contribution is 0.546. The van der Waals surface area contributed by atoms with Crippen molar-refractivity contribution < 1.29 is 0 Å². The number of aryl methyl sites for hydroxylation is 2. The Labute approximate surface area is 105 Å². The van der Waals surface area contributed by atoms with E-state index in [0.717, 1.165) is 22.7 Å². The van der Waals surface area contributed by atoms with Crippen molar-refractivity contribution in [2.75, 3.05) is 0 Å². The quantitative estimate of drug-likeness (QED) is 0.641. The van der Waals surface area contributed by atoms with Crippen LogP contribution < -0.4 is 11.3 Å². The van der Waals surface area contributed by atoms with Gasteiger partial charge in [0.2, 0.25) is 0 Å². The molecule has 4 nitrogen and oxygen atoms in total. The van der Waals surface area contributed by atoms with Gasteiger partial charge >= 0.3 is 0 Å². The van der Waals surface area contributed by atoms with Crippen LogP contribution in [0.2, 0.25) is 0 Å². The van der Waals surface area contributed by atoms with E-state index in [1.807, 2.05) is 19.2 Å². The molecule has 2 aromatic heterocycles. The van der Waals surface area contributed by atoms with Crippen molar-refractivity contribution in [3.05, 3.63) is 45.7 Å². The zero-order valence-electron chi connectivity index (χ0n) is 9.97. The van der Waals surface area contributed by atoms with Crippen LogP contribution in [-0.4, -0.2) is 9.97 Å². The van der Waals surface area contributed by atoms with Gasteiger partial charge in [0.1, 0.15) is 0 Å². The SMILES string of the molecule is Cc1csc(CC(NN)c2cnccc2C)n1. The van der Waals surface area contributed by atoms with E-state index in [4.69, 9.17) is 5.84 Å². The van der Waals surface area contributed by atoms with Crippen LogP contribution in [0.5, 0.6) is 0 Å². The molecule has 0 saturated carbocycles. The Bertz CT molecular complexity index is 495. The van der Waals surface area contributed by atoms with Gasteiger partial charge in [-0.25, -0.2) is 4.98 Å². The topological polar surface area (TPSA) is 63.8 Å². The molecule has 0 aliphatic rings. The molecule has 0 aliphatic carbocycles. The molecule has 3 N–H and O–H groups in total. The summed E-state index contributed by atoms with van der Waals surface area (Å²) in [4.78, 5) is 8.60. The zero-order valence-corrected chi connectivity index (χ0v) is 10.8. The summed E-state index contributed by atoms with van der Waals surface area (Å²) in [5, 5.41) is 3.15. The van der Waals surface area contributed by atoms with E-state index >= 15 is 0 Å². The maximum atomic E-state index is 5.63. The van der Waals surface area contributed by atoms with E-state index in [2.05, 4.69) is 27.7 Å². The summed E-state index contributed by atoms with van der Waals surface area (Å²) in [5.41, 5.74) is 6.22. The van der Waals surface area contributed by atoms with Crippen LogP contribution >= 0.6 is 11.3 Å². The van der Waals surface area contributed by atoms with Gasteiger partial charge < -0.3 is 0 Å². The second kappa shape index (κ2) is 5.35. The predicted octanol–water partition coefficient (Wildman–Crippen LogP) is 1.90. The highest BCUT2D eigenvalue weighted by Gasteiger charge is 2.14. The van der Waals surface area contributed by atoms with Crippen molar-refractivity contribution in [2.24, 2.45) is 5.84 Å². The maximum Gasteiger partial charge on any atom is 0.0947 e. The molecule has 0 radical (unpaired) electrons. The van der Waals surface area contributed by atoms with Gasteiger partial charge in [-0.1, -0.05) is 0 Å². The molecule has 90 valence electrons. The van der Waals surface area contributed by atoms with Crippen LogP contribution in [0.3, 0.4) is 0 Å². The lowest BCUT2D eigenvalue weighted by Gasteiger charge is -2.16. The van der Waals surface area contributed by atoms with Gasteiger partial charge in [-0.3, -0.25) is 16.3 Å². The molecule has 0 aliphatic heterocycles. The van der Waals surface area contributed by atoms with Crippen molar-refractivity contribution in [1.29, 1.82) is 0 Å². The normalized spacial score (nSPS) is 12.6. The second-order valence-corrected chi connectivity index (χ2v) is 4.98. The fourth-order valence-corrected chi connectivity index (χ4v) is 2.59. The molecule has 0 saturated heterocycles. The molecular weight excluding hydrogens is 232 g/mol. The standard InChI is InChI=1S/C12H16N4S/c1-8-3-4-14-6-10(8)11(16-13)5-12-15-9(2)7-17-12/h3-4,6-7,11,16H,5,13H2,1-2H3. The summed E-state index contributed by atoms with van der Waals surface area (Å²) in [5.74, 6) is 5.63. The molecule has 0 amide bonds. The minimum Gasteiger partial charge on any atom is -0.271 e. The molecule has 17 heavy (non-hydrogen) atoms. The Hall–Kier alpha value is -1.30. The number of thiazole rings is 1. The average molecular weight is 248 g/mol. The molecule has 2 heterocycles. The number of hydrogen-bond donors (Lipinski definition) is 2. The Balaban J connectivity index is 2.20. The highest BCUT2D eigenvalue weighted by Crippen LogP contribution is 2.21. The summed E-state index contributed by atoms with van der Waals surface area (Å²) in [6.07, 6.45) is 4.45.